The Morgan fingerprint density at radius 1 is 1.19 bits per heavy atom. The lowest BCUT2D eigenvalue weighted by Gasteiger charge is -2.38. The van der Waals surface area contributed by atoms with Gasteiger partial charge in [-0.1, -0.05) is 0 Å². The van der Waals surface area contributed by atoms with E-state index in [1.54, 1.807) is 0 Å². The quantitative estimate of drug-likeness (QED) is 0.790. The Bertz CT molecular complexity index is 230. The van der Waals surface area contributed by atoms with Crippen LogP contribution in [0.3, 0.4) is 0 Å². The molecular weight excluding hydrogens is 206 g/mol. The molecule has 0 spiro atoms. The average molecular weight is 227 g/mol. The minimum absolute atomic E-state index is 0.349. The number of carbonyl (C=O) groups is 1. The van der Waals surface area contributed by atoms with Crippen LogP contribution in [0.15, 0.2) is 0 Å². The fraction of sp³-hybridized carbons (Fsp3) is 0.917. The summed E-state index contributed by atoms with van der Waals surface area (Å²) in [5, 5.41) is 8.75. The average Bonchev–Trinajstić information content (AvgIpc) is 2.30. The third-order valence-electron chi connectivity index (χ3n) is 3.82. The summed E-state index contributed by atoms with van der Waals surface area (Å²) in [4.78, 5) is 13.1. The molecule has 2 rings (SSSR count). The summed E-state index contributed by atoms with van der Waals surface area (Å²) in [5.41, 5.74) is 0. The summed E-state index contributed by atoms with van der Waals surface area (Å²) in [7, 11) is 0. The van der Waals surface area contributed by atoms with Crippen LogP contribution in [-0.2, 0) is 9.53 Å². The first-order valence-corrected chi connectivity index (χ1v) is 6.29. The van der Waals surface area contributed by atoms with Gasteiger partial charge in [-0.3, -0.25) is 4.79 Å². The van der Waals surface area contributed by atoms with Crippen molar-refractivity contribution in [1.29, 1.82) is 0 Å². The van der Waals surface area contributed by atoms with Crippen molar-refractivity contribution >= 4 is 5.97 Å². The van der Waals surface area contributed by atoms with E-state index in [-0.39, 0.29) is 0 Å². The fourth-order valence-electron chi connectivity index (χ4n) is 2.82. The molecule has 2 aliphatic heterocycles. The van der Waals surface area contributed by atoms with Crippen LogP contribution < -0.4 is 0 Å². The highest BCUT2D eigenvalue weighted by Crippen LogP contribution is 2.24. The Morgan fingerprint density at radius 2 is 1.81 bits per heavy atom. The molecule has 0 aliphatic carbocycles. The lowest BCUT2D eigenvalue weighted by atomic mass is 9.92. The summed E-state index contributed by atoms with van der Waals surface area (Å²) >= 11 is 0. The lowest BCUT2D eigenvalue weighted by Crippen LogP contribution is -2.44. The maximum Gasteiger partial charge on any atom is 0.303 e. The molecule has 1 N–H and O–H groups in total. The van der Waals surface area contributed by atoms with E-state index in [4.69, 9.17) is 9.84 Å². The molecule has 4 heteroatoms. The molecule has 0 saturated carbocycles. The third kappa shape index (κ3) is 3.19. The predicted octanol–water partition coefficient (Wildman–Crippen LogP) is 1.35. The van der Waals surface area contributed by atoms with Crippen molar-refractivity contribution in [1.82, 2.24) is 4.90 Å². The summed E-state index contributed by atoms with van der Waals surface area (Å²) in [5.74, 6) is -0.252. The van der Waals surface area contributed by atoms with E-state index >= 15 is 0 Å². The van der Waals surface area contributed by atoms with Crippen molar-refractivity contribution < 1.29 is 14.6 Å². The molecule has 0 aromatic rings. The molecule has 0 atom stereocenters. The minimum atomic E-state index is -0.649. The van der Waals surface area contributed by atoms with E-state index in [1.165, 1.54) is 0 Å². The number of carboxylic acids is 1. The van der Waals surface area contributed by atoms with Gasteiger partial charge in [0.1, 0.15) is 0 Å². The standard InChI is InChI=1S/C12H21NO3/c14-12(15)9-10-1-5-13(6-2-10)11-3-7-16-8-4-11/h10-11H,1-9H2,(H,14,15). The van der Waals surface area contributed by atoms with Gasteiger partial charge in [0.15, 0.2) is 0 Å². The zero-order valence-electron chi connectivity index (χ0n) is 9.73. The van der Waals surface area contributed by atoms with E-state index < -0.39 is 5.97 Å². The molecule has 2 aliphatic rings. The van der Waals surface area contributed by atoms with Crippen molar-refractivity contribution in [3.8, 4) is 0 Å². The largest absolute Gasteiger partial charge is 0.481 e. The van der Waals surface area contributed by atoms with Gasteiger partial charge in [-0.2, -0.15) is 0 Å². The number of ether oxygens (including phenoxy) is 1. The molecule has 2 saturated heterocycles. The fourth-order valence-corrected chi connectivity index (χ4v) is 2.82. The number of likely N-dealkylation sites (tertiary alicyclic amines) is 1. The number of hydrogen-bond acceptors (Lipinski definition) is 3. The first-order chi connectivity index (χ1) is 7.75. The van der Waals surface area contributed by atoms with Gasteiger partial charge in [0.25, 0.3) is 0 Å². The van der Waals surface area contributed by atoms with E-state index in [9.17, 15) is 4.79 Å². The highest BCUT2D eigenvalue weighted by Gasteiger charge is 2.27. The Labute approximate surface area is 96.6 Å². The van der Waals surface area contributed by atoms with Crippen LogP contribution in [0, 0.1) is 5.92 Å². The monoisotopic (exact) mass is 227 g/mol. The van der Waals surface area contributed by atoms with Gasteiger partial charge in [0.2, 0.25) is 0 Å². The molecule has 4 nitrogen and oxygen atoms in total. The normalized spacial score (nSPS) is 25.8. The second kappa shape index (κ2) is 5.64. The van der Waals surface area contributed by atoms with Crippen LogP contribution in [0.4, 0.5) is 0 Å². The molecule has 0 aromatic heterocycles. The van der Waals surface area contributed by atoms with Crippen LogP contribution in [0.2, 0.25) is 0 Å². The Morgan fingerprint density at radius 3 is 2.38 bits per heavy atom. The van der Waals surface area contributed by atoms with Crippen molar-refractivity contribution in [2.45, 2.75) is 38.1 Å². The Hall–Kier alpha value is -0.610. The molecule has 0 amide bonds. The minimum Gasteiger partial charge on any atom is -0.481 e. The Balaban J connectivity index is 1.73. The summed E-state index contributed by atoms with van der Waals surface area (Å²) in [6.07, 6.45) is 4.72. The van der Waals surface area contributed by atoms with Gasteiger partial charge in [0, 0.05) is 25.7 Å². The predicted molar refractivity (Wildman–Crippen MR) is 60.4 cm³/mol. The number of nitrogens with zero attached hydrogens (tertiary/aromatic N) is 1. The SMILES string of the molecule is O=C(O)CC1CCN(C2CCOCC2)CC1. The topological polar surface area (TPSA) is 49.8 Å². The smallest absolute Gasteiger partial charge is 0.303 e. The van der Waals surface area contributed by atoms with Gasteiger partial charge < -0.3 is 14.7 Å². The van der Waals surface area contributed by atoms with Crippen LogP contribution >= 0.6 is 0 Å². The van der Waals surface area contributed by atoms with Gasteiger partial charge in [-0.15, -0.1) is 0 Å². The summed E-state index contributed by atoms with van der Waals surface area (Å²) < 4.78 is 5.36. The summed E-state index contributed by atoms with van der Waals surface area (Å²) in [6.45, 7) is 3.92. The second-order valence-electron chi connectivity index (χ2n) is 4.92. The number of carboxylic acid groups (broad SMARTS) is 1. The molecule has 92 valence electrons. The maximum atomic E-state index is 10.6. The summed E-state index contributed by atoms with van der Waals surface area (Å²) in [6, 6.07) is 0.680. The first-order valence-electron chi connectivity index (χ1n) is 6.29. The van der Waals surface area contributed by atoms with Gasteiger partial charge >= 0.3 is 5.97 Å². The molecular formula is C12H21NO3. The van der Waals surface area contributed by atoms with Crippen LogP contribution in [0.5, 0.6) is 0 Å². The Kier molecular flexibility index (Phi) is 4.18. The van der Waals surface area contributed by atoms with Gasteiger partial charge in [-0.25, -0.2) is 0 Å². The molecule has 0 aromatic carbocycles. The molecule has 2 fully saturated rings. The van der Waals surface area contributed by atoms with E-state index in [0.29, 0.717) is 18.4 Å². The van der Waals surface area contributed by atoms with Crippen LogP contribution in [0.25, 0.3) is 0 Å². The zero-order chi connectivity index (χ0) is 11.4. The van der Waals surface area contributed by atoms with Crippen LogP contribution in [0.1, 0.15) is 32.1 Å². The number of hydrogen-bond donors (Lipinski definition) is 1. The molecule has 0 radical (unpaired) electrons. The third-order valence-corrected chi connectivity index (χ3v) is 3.82. The highest BCUT2D eigenvalue weighted by atomic mass is 16.5. The number of rotatable bonds is 3. The van der Waals surface area contributed by atoms with Crippen molar-refractivity contribution in [3.05, 3.63) is 0 Å². The van der Waals surface area contributed by atoms with Crippen molar-refractivity contribution in [2.24, 2.45) is 5.92 Å². The van der Waals surface area contributed by atoms with Gasteiger partial charge in [-0.05, 0) is 44.7 Å². The van der Waals surface area contributed by atoms with Crippen LogP contribution in [-0.4, -0.2) is 48.3 Å². The maximum absolute atomic E-state index is 10.6. The molecule has 2 heterocycles. The van der Waals surface area contributed by atoms with Crippen molar-refractivity contribution in [3.63, 3.8) is 0 Å². The van der Waals surface area contributed by atoms with Gasteiger partial charge in [0.05, 0.1) is 0 Å². The lowest BCUT2D eigenvalue weighted by molar-refractivity contribution is -0.138. The zero-order valence-corrected chi connectivity index (χ0v) is 9.73. The molecule has 0 bridgehead atoms. The van der Waals surface area contributed by atoms with E-state index in [0.717, 1.165) is 52.0 Å². The van der Waals surface area contributed by atoms with E-state index in [1.807, 2.05) is 0 Å². The molecule has 0 unspecified atom stereocenters. The molecule has 16 heavy (non-hydrogen) atoms. The number of aliphatic carboxylic acids is 1. The first kappa shape index (κ1) is 11.9. The highest BCUT2D eigenvalue weighted by molar-refractivity contribution is 5.67. The van der Waals surface area contributed by atoms with E-state index in [2.05, 4.69) is 4.90 Å². The number of piperidine rings is 1. The second-order valence-corrected chi connectivity index (χ2v) is 4.92. The van der Waals surface area contributed by atoms with Crippen molar-refractivity contribution in [2.75, 3.05) is 26.3 Å².